The molecule has 29 heavy (non-hydrogen) atoms. The number of piperidine rings is 1. The van der Waals surface area contributed by atoms with Crippen molar-refractivity contribution in [1.82, 2.24) is 24.1 Å². The van der Waals surface area contributed by atoms with Gasteiger partial charge in [0, 0.05) is 19.6 Å². The van der Waals surface area contributed by atoms with E-state index in [1.165, 1.54) is 18.2 Å². The van der Waals surface area contributed by atoms with Gasteiger partial charge in [-0.2, -0.15) is 0 Å². The van der Waals surface area contributed by atoms with Crippen LogP contribution in [-0.4, -0.2) is 48.8 Å². The summed E-state index contributed by atoms with van der Waals surface area (Å²) in [7, 11) is 0. The minimum atomic E-state index is -0.0381. The Bertz CT molecular complexity index is 1090. The number of unbranched alkanes of at least 4 members (excludes halogenated alkanes) is 1. The molecule has 1 aliphatic heterocycles. The first kappa shape index (κ1) is 19.9. The Morgan fingerprint density at radius 3 is 2.90 bits per heavy atom. The van der Waals surface area contributed by atoms with Crippen molar-refractivity contribution in [1.29, 1.82) is 0 Å². The topological polar surface area (TPSA) is 72.5 Å². The maximum Gasteiger partial charge on any atom is 0.262 e. The molecule has 1 fully saturated rings. The van der Waals surface area contributed by atoms with Crippen molar-refractivity contribution in [3.05, 3.63) is 34.6 Å². The van der Waals surface area contributed by atoms with Crippen LogP contribution in [0.3, 0.4) is 0 Å². The first-order valence-electron chi connectivity index (χ1n) is 10.4. The molecular weight excluding hydrogens is 386 g/mol. The Morgan fingerprint density at radius 1 is 1.28 bits per heavy atom. The van der Waals surface area contributed by atoms with Gasteiger partial charge >= 0.3 is 0 Å². The van der Waals surface area contributed by atoms with Crippen LogP contribution in [0.5, 0.6) is 0 Å². The molecule has 0 aliphatic carbocycles. The fraction of sp³-hybridized carbons (Fsp3) is 0.524. The summed E-state index contributed by atoms with van der Waals surface area (Å²) in [5.41, 5.74) is 0.746. The normalized spacial score (nSPS) is 17.3. The van der Waals surface area contributed by atoms with Crippen LogP contribution in [0.2, 0.25) is 0 Å². The number of carbonyl (C=O) groups excluding carboxylic acids is 1. The summed E-state index contributed by atoms with van der Waals surface area (Å²) < 4.78 is 3.63. The second kappa shape index (κ2) is 8.57. The fourth-order valence-corrected chi connectivity index (χ4v) is 4.82. The maximum atomic E-state index is 13.0. The lowest BCUT2D eigenvalue weighted by atomic mass is 10.0. The number of hydrogen-bond acceptors (Lipinski definition) is 5. The molecule has 3 heterocycles. The van der Waals surface area contributed by atoms with Gasteiger partial charge in [0.25, 0.3) is 5.56 Å². The van der Waals surface area contributed by atoms with Crippen LogP contribution in [-0.2, 0) is 11.3 Å². The molecule has 0 bridgehead atoms. The quantitative estimate of drug-likeness (QED) is 0.580. The van der Waals surface area contributed by atoms with E-state index in [2.05, 4.69) is 24.0 Å². The van der Waals surface area contributed by atoms with E-state index in [1.807, 2.05) is 33.6 Å². The standard InChI is InChI=1S/C21H27N5O2S/c1-3-4-12-25-19(28)16-9-5-6-10-17(16)26-20(25)22-23-21(26)29-14-18(27)24-11-7-8-15(2)13-24/h5-6,9-10,15H,3-4,7-8,11-14H2,1-2H3. The number of hydrogen-bond donors (Lipinski definition) is 0. The third kappa shape index (κ3) is 3.90. The van der Waals surface area contributed by atoms with Crippen molar-refractivity contribution in [2.75, 3.05) is 18.8 Å². The summed E-state index contributed by atoms with van der Waals surface area (Å²) in [4.78, 5) is 27.6. The summed E-state index contributed by atoms with van der Waals surface area (Å²) in [6.07, 6.45) is 4.14. The Balaban J connectivity index is 1.68. The van der Waals surface area contributed by atoms with E-state index in [9.17, 15) is 9.59 Å². The summed E-state index contributed by atoms with van der Waals surface area (Å²) in [5.74, 6) is 1.57. The summed E-state index contributed by atoms with van der Waals surface area (Å²) >= 11 is 1.40. The number of aryl methyl sites for hydroxylation is 1. The molecule has 3 aromatic rings. The zero-order valence-corrected chi connectivity index (χ0v) is 17.8. The molecule has 1 atom stereocenters. The highest BCUT2D eigenvalue weighted by Crippen LogP contribution is 2.23. The van der Waals surface area contributed by atoms with Crippen LogP contribution in [0.25, 0.3) is 16.7 Å². The molecule has 1 unspecified atom stereocenters. The second-order valence-corrected chi connectivity index (χ2v) is 8.76. The van der Waals surface area contributed by atoms with Crippen LogP contribution in [0, 0.1) is 5.92 Å². The highest BCUT2D eigenvalue weighted by molar-refractivity contribution is 7.99. The first-order valence-corrected chi connectivity index (χ1v) is 11.4. The molecule has 2 aromatic heterocycles. The van der Waals surface area contributed by atoms with Gasteiger partial charge in [-0.1, -0.05) is 44.2 Å². The second-order valence-electron chi connectivity index (χ2n) is 7.82. The number of carbonyl (C=O) groups is 1. The summed E-state index contributed by atoms with van der Waals surface area (Å²) in [6.45, 7) is 6.57. The van der Waals surface area contributed by atoms with E-state index in [1.54, 1.807) is 4.57 Å². The van der Waals surface area contributed by atoms with Crippen LogP contribution >= 0.6 is 11.8 Å². The minimum Gasteiger partial charge on any atom is -0.342 e. The van der Waals surface area contributed by atoms with Crippen LogP contribution in [0.4, 0.5) is 0 Å². The Morgan fingerprint density at radius 2 is 2.10 bits per heavy atom. The molecule has 8 heteroatoms. The molecule has 1 amide bonds. The monoisotopic (exact) mass is 413 g/mol. The van der Waals surface area contributed by atoms with E-state index in [0.717, 1.165) is 37.9 Å². The SMILES string of the molecule is CCCCn1c(=O)c2ccccc2n2c(SCC(=O)N3CCCC(C)C3)nnc12. The number of thioether (sulfide) groups is 1. The number of aromatic nitrogens is 4. The van der Waals surface area contributed by atoms with Crippen molar-refractivity contribution in [3.63, 3.8) is 0 Å². The van der Waals surface area contributed by atoms with Gasteiger partial charge in [0.05, 0.1) is 16.7 Å². The molecule has 0 radical (unpaired) electrons. The molecule has 1 saturated heterocycles. The van der Waals surface area contributed by atoms with E-state index in [0.29, 0.717) is 34.5 Å². The number of nitrogens with zero attached hydrogens (tertiary/aromatic N) is 5. The van der Waals surface area contributed by atoms with Gasteiger partial charge in [0.1, 0.15) is 0 Å². The van der Waals surface area contributed by atoms with Crippen molar-refractivity contribution in [2.24, 2.45) is 5.92 Å². The zero-order valence-electron chi connectivity index (χ0n) is 17.0. The summed E-state index contributed by atoms with van der Waals surface area (Å²) in [6, 6.07) is 7.54. The Hall–Kier alpha value is -2.35. The molecule has 4 rings (SSSR count). The van der Waals surface area contributed by atoms with Crippen molar-refractivity contribution < 1.29 is 4.79 Å². The van der Waals surface area contributed by atoms with E-state index >= 15 is 0 Å². The molecule has 1 aliphatic rings. The van der Waals surface area contributed by atoms with Gasteiger partial charge in [-0.15, -0.1) is 10.2 Å². The highest BCUT2D eigenvalue weighted by Gasteiger charge is 2.22. The lowest BCUT2D eigenvalue weighted by molar-refractivity contribution is -0.130. The molecule has 154 valence electrons. The van der Waals surface area contributed by atoms with Gasteiger partial charge in [-0.05, 0) is 37.3 Å². The van der Waals surface area contributed by atoms with Crippen molar-refractivity contribution >= 4 is 34.3 Å². The molecule has 0 saturated carbocycles. The summed E-state index contributed by atoms with van der Waals surface area (Å²) in [5, 5.41) is 9.95. The van der Waals surface area contributed by atoms with Crippen molar-refractivity contribution in [3.8, 4) is 0 Å². The number of fused-ring (bicyclic) bond motifs is 3. The lowest BCUT2D eigenvalue weighted by Crippen LogP contribution is -2.40. The van der Waals surface area contributed by atoms with Gasteiger partial charge in [-0.25, -0.2) is 0 Å². The Kier molecular flexibility index (Phi) is 5.89. The number of benzene rings is 1. The third-order valence-electron chi connectivity index (χ3n) is 5.55. The van der Waals surface area contributed by atoms with Gasteiger partial charge in [0.15, 0.2) is 5.16 Å². The minimum absolute atomic E-state index is 0.0381. The number of rotatable bonds is 6. The number of likely N-dealkylation sites (tertiary alicyclic amines) is 1. The van der Waals surface area contributed by atoms with Crippen molar-refractivity contribution in [2.45, 2.75) is 51.2 Å². The fourth-order valence-electron chi connectivity index (χ4n) is 3.98. The van der Waals surface area contributed by atoms with Crippen LogP contribution in [0.1, 0.15) is 39.5 Å². The predicted octanol–water partition coefficient (Wildman–Crippen LogP) is 3.19. The first-order chi connectivity index (χ1) is 14.1. The van der Waals surface area contributed by atoms with Gasteiger partial charge < -0.3 is 4.90 Å². The molecular formula is C21H27N5O2S. The molecule has 0 N–H and O–H groups in total. The van der Waals surface area contributed by atoms with Gasteiger partial charge in [0.2, 0.25) is 11.7 Å². The maximum absolute atomic E-state index is 13.0. The zero-order chi connectivity index (χ0) is 20.4. The van der Waals surface area contributed by atoms with Gasteiger partial charge in [-0.3, -0.25) is 18.6 Å². The molecule has 0 spiro atoms. The predicted molar refractivity (Wildman–Crippen MR) is 115 cm³/mol. The smallest absolute Gasteiger partial charge is 0.262 e. The third-order valence-corrected chi connectivity index (χ3v) is 6.46. The average molecular weight is 414 g/mol. The molecule has 7 nitrogen and oxygen atoms in total. The van der Waals surface area contributed by atoms with Crippen LogP contribution in [0.15, 0.2) is 34.2 Å². The largest absolute Gasteiger partial charge is 0.342 e. The van der Waals surface area contributed by atoms with E-state index in [-0.39, 0.29) is 11.5 Å². The molecule has 1 aromatic carbocycles. The average Bonchev–Trinajstić information content (AvgIpc) is 3.16. The lowest BCUT2D eigenvalue weighted by Gasteiger charge is -2.30. The van der Waals surface area contributed by atoms with E-state index < -0.39 is 0 Å². The van der Waals surface area contributed by atoms with Crippen LogP contribution < -0.4 is 5.56 Å². The number of para-hydroxylation sites is 1. The Labute approximate surface area is 174 Å². The van der Waals surface area contributed by atoms with E-state index in [4.69, 9.17) is 0 Å². The number of amides is 1. The highest BCUT2D eigenvalue weighted by atomic mass is 32.2.